The Bertz CT molecular complexity index is 1000. The van der Waals surface area contributed by atoms with E-state index in [9.17, 15) is 4.79 Å². The van der Waals surface area contributed by atoms with Gasteiger partial charge in [-0.3, -0.25) is 4.79 Å². The number of thiophene rings is 1. The van der Waals surface area contributed by atoms with Crippen LogP contribution in [0.25, 0.3) is 20.7 Å². The normalized spacial score (nSPS) is 20.2. The van der Waals surface area contributed by atoms with Crippen molar-refractivity contribution >= 4 is 33.3 Å². The molecule has 0 radical (unpaired) electrons. The molecule has 2 aliphatic rings. The lowest BCUT2D eigenvalue weighted by atomic mass is 9.96. The fraction of sp³-hybridized carbons (Fsp3) is 0.409. The van der Waals surface area contributed by atoms with Crippen LogP contribution < -0.4 is 4.90 Å². The smallest absolute Gasteiger partial charge is 0.227 e. The highest BCUT2D eigenvalue weighted by Gasteiger charge is 2.31. The molecular weight excluding hydrogens is 384 g/mol. The molecule has 4 heterocycles. The Hall–Kier alpha value is -2.51. The van der Waals surface area contributed by atoms with Crippen molar-refractivity contribution in [3.05, 3.63) is 42.7 Å². The topological polar surface area (TPSA) is 58.6 Å². The number of hydrogen-bond donors (Lipinski definition) is 0. The van der Waals surface area contributed by atoms with E-state index in [2.05, 4.69) is 45.2 Å². The van der Waals surface area contributed by atoms with E-state index < -0.39 is 0 Å². The Balaban J connectivity index is 1.41. The number of carbonyl (C=O) groups excluding carboxylic acids is 1. The molecule has 2 saturated heterocycles. The maximum atomic E-state index is 13.0. The van der Waals surface area contributed by atoms with Crippen LogP contribution in [0.15, 0.2) is 42.7 Å². The van der Waals surface area contributed by atoms with E-state index >= 15 is 0 Å². The predicted molar refractivity (Wildman–Crippen MR) is 115 cm³/mol. The number of fused-ring (bicyclic) bond motifs is 1. The number of rotatable bonds is 3. The third-order valence-corrected chi connectivity index (χ3v) is 6.85. The highest BCUT2D eigenvalue weighted by atomic mass is 32.1. The SMILES string of the molecule is O=C(C1CCCN(c2ncnc3sc(-c4ccccc4)cc23)C1)N1CCOCC1. The number of carbonyl (C=O) groups is 1. The number of nitrogens with zero attached hydrogens (tertiary/aromatic N) is 4. The minimum absolute atomic E-state index is 0.0269. The molecule has 29 heavy (non-hydrogen) atoms. The van der Waals surface area contributed by atoms with Crippen LogP contribution in [-0.4, -0.2) is 60.2 Å². The average molecular weight is 409 g/mol. The molecule has 1 unspecified atom stereocenters. The Morgan fingerprint density at radius 3 is 2.76 bits per heavy atom. The third kappa shape index (κ3) is 3.72. The molecule has 2 aromatic heterocycles. The Kier molecular flexibility index (Phi) is 5.16. The molecular formula is C22H24N4O2S. The summed E-state index contributed by atoms with van der Waals surface area (Å²) in [5.41, 5.74) is 1.19. The molecule has 6 nitrogen and oxygen atoms in total. The predicted octanol–water partition coefficient (Wildman–Crippen LogP) is 3.43. The first-order valence-electron chi connectivity index (χ1n) is 10.2. The van der Waals surface area contributed by atoms with Crippen molar-refractivity contribution in [1.82, 2.24) is 14.9 Å². The first-order valence-corrected chi connectivity index (χ1v) is 11.0. The molecule has 150 valence electrons. The number of hydrogen-bond acceptors (Lipinski definition) is 6. The molecule has 2 fully saturated rings. The second-order valence-corrected chi connectivity index (χ2v) is 8.65. The van der Waals surface area contributed by atoms with Gasteiger partial charge in [0.25, 0.3) is 0 Å². The molecule has 2 aliphatic heterocycles. The first kappa shape index (κ1) is 18.5. The van der Waals surface area contributed by atoms with E-state index in [0.717, 1.165) is 42.0 Å². The molecule has 0 spiro atoms. The van der Waals surface area contributed by atoms with Gasteiger partial charge in [0.05, 0.1) is 24.5 Å². The first-order chi connectivity index (χ1) is 14.3. The van der Waals surface area contributed by atoms with Crippen LogP contribution >= 0.6 is 11.3 Å². The minimum atomic E-state index is 0.0269. The van der Waals surface area contributed by atoms with Gasteiger partial charge in [0.2, 0.25) is 5.91 Å². The molecule has 0 aliphatic carbocycles. The lowest BCUT2D eigenvalue weighted by molar-refractivity contribution is -0.139. The van der Waals surface area contributed by atoms with Crippen molar-refractivity contribution in [3.63, 3.8) is 0 Å². The van der Waals surface area contributed by atoms with Gasteiger partial charge in [-0.2, -0.15) is 0 Å². The minimum Gasteiger partial charge on any atom is -0.378 e. The monoisotopic (exact) mass is 408 g/mol. The van der Waals surface area contributed by atoms with Gasteiger partial charge in [0.15, 0.2) is 0 Å². The summed E-state index contributed by atoms with van der Waals surface area (Å²) < 4.78 is 5.39. The summed E-state index contributed by atoms with van der Waals surface area (Å²) in [5, 5.41) is 1.08. The number of benzene rings is 1. The molecule has 0 N–H and O–H groups in total. The fourth-order valence-electron chi connectivity index (χ4n) is 4.25. The van der Waals surface area contributed by atoms with Crippen LogP contribution in [0, 0.1) is 5.92 Å². The maximum absolute atomic E-state index is 13.0. The molecule has 1 amide bonds. The number of aromatic nitrogens is 2. The van der Waals surface area contributed by atoms with Gasteiger partial charge in [-0.05, 0) is 24.5 Å². The van der Waals surface area contributed by atoms with E-state index in [4.69, 9.17) is 4.74 Å². The Labute approximate surface area is 174 Å². The fourth-order valence-corrected chi connectivity index (χ4v) is 5.25. The summed E-state index contributed by atoms with van der Waals surface area (Å²) in [6, 6.07) is 12.6. The maximum Gasteiger partial charge on any atom is 0.227 e. The number of ether oxygens (including phenoxy) is 1. The van der Waals surface area contributed by atoms with Crippen LogP contribution in [0.4, 0.5) is 5.82 Å². The van der Waals surface area contributed by atoms with Crippen LogP contribution in [0.3, 0.4) is 0 Å². The van der Waals surface area contributed by atoms with Crippen molar-refractivity contribution in [2.24, 2.45) is 5.92 Å². The molecule has 5 rings (SSSR count). The number of anilines is 1. The van der Waals surface area contributed by atoms with Crippen molar-refractivity contribution < 1.29 is 9.53 Å². The van der Waals surface area contributed by atoms with Gasteiger partial charge in [0, 0.05) is 31.1 Å². The molecule has 7 heteroatoms. The second-order valence-electron chi connectivity index (χ2n) is 7.62. The lowest BCUT2D eigenvalue weighted by Gasteiger charge is -2.36. The highest BCUT2D eigenvalue weighted by molar-refractivity contribution is 7.21. The summed E-state index contributed by atoms with van der Waals surface area (Å²) in [6.07, 6.45) is 3.60. The van der Waals surface area contributed by atoms with Crippen molar-refractivity contribution in [2.75, 3.05) is 44.3 Å². The van der Waals surface area contributed by atoms with Gasteiger partial charge in [-0.15, -0.1) is 11.3 Å². The van der Waals surface area contributed by atoms with Crippen LogP contribution in [-0.2, 0) is 9.53 Å². The van der Waals surface area contributed by atoms with E-state index in [1.807, 2.05) is 11.0 Å². The lowest BCUT2D eigenvalue weighted by Crippen LogP contribution is -2.48. The van der Waals surface area contributed by atoms with Crippen molar-refractivity contribution in [1.29, 1.82) is 0 Å². The van der Waals surface area contributed by atoms with Crippen LogP contribution in [0.1, 0.15) is 12.8 Å². The standard InChI is InChI=1S/C22H24N4O2S/c27-22(25-9-11-28-12-10-25)17-7-4-8-26(14-17)20-18-13-19(16-5-2-1-3-6-16)29-21(18)24-15-23-20/h1-3,5-6,13,15,17H,4,7-12,14H2. The third-order valence-electron chi connectivity index (χ3n) is 5.76. The van der Waals surface area contributed by atoms with Gasteiger partial charge in [-0.25, -0.2) is 9.97 Å². The van der Waals surface area contributed by atoms with E-state index in [1.165, 1.54) is 10.4 Å². The number of piperidine rings is 1. The van der Waals surface area contributed by atoms with Crippen molar-refractivity contribution in [2.45, 2.75) is 12.8 Å². The number of morpholine rings is 1. The van der Waals surface area contributed by atoms with Crippen LogP contribution in [0.2, 0.25) is 0 Å². The number of amides is 1. The molecule has 0 saturated carbocycles. The summed E-state index contributed by atoms with van der Waals surface area (Å²) >= 11 is 1.69. The molecule has 0 bridgehead atoms. The summed E-state index contributed by atoms with van der Waals surface area (Å²) in [5.74, 6) is 1.24. The zero-order valence-electron chi connectivity index (χ0n) is 16.3. The van der Waals surface area contributed by atoms with Gasteiger partial charge in [0.1, 0.15) is 17.0 Å². The van der Waals surface area contributed by atoms with Crippen molar-refractivity contribution in [3.8, 4) is 10.4 Å². The molecule has 1 aromatic carbocycles. The molecule has 3 aromatic rings. The zero-order valence-corrected chi connectivity index (χ0v) is 17.1. The Morgan fingerprint density at radius 2 is 1.93 bits per heavy atom. The summed E-state index contributed by atoms with van der Waals surface area (Å²) in [6.45, 7) is 4.35. The average Bonchev–Trinajstić information content (AvgIpc) is 3.24. The second kappa shape index (κ2) is 8.08. The van der Waals surface area contributed by atoms with E-state index in [-0.39, 0.29) is 11.8 Å². The molecule has 1 atom stereocenters. The quantitative estimate of drug-likeness (QED) is 0.665. The Morgan fingerprint density at radius 1 is 1.10 bits per heavy atom. The highest BCUT2D eigenvalue weighted by Crippen LogP contribution is 2.37. The van der Waals surface area contributed by atoms with E-state index in [1.54, 1.807) is 17.7 Å². The van der Waals surface area contributed by atoms with Gasteiger partial charge in [-0.1, -0.05) is 30.3 Å². The van der Waals surface area contributed by atoms with Crippen LogP contribution in [0.5, 0.6) is 0 Å². The summed E-state index contributed by atoms with van der Waals surface area (Å²) in [7, 11) is 0. The van der Waals surface area contributed by atoms with Gasteiger partial charge >= 0.3 is 0 Å². The largest absolute Gasteiger partial charge is 0.378 e. The van der Waals surface area contributed by atoms with Gasteiger partial charge < -0.3 is 14.5 Å². The summed E-state index contributed by atoms with van der Waals surface area (Å²) in [4.78, 5) is 28.5. The zero-order chi connectivity index (χ0) is 19.6. The van der Waals surface area contributed by atoms with E-state index in [0.29, 0.717) is 26.3 Å².